The number of benzene rings is 2. The Hall–Kier alpha value is -3.12. The van der Waals surface area contributed by atoms with Gasteiger partial charge < -0.3 is 29.6 Å². The zero-order valence-electron chi connectivity index (χ0n) is 26.1. The zero-order chi connectivity index (χ0) is 34.7. The molecule has 258 valence electrons. The number of nitrogens with one attached hydrogen (secondary N) is 2. The highest BCUT2D eigenvalue weighted by molar-refractivity contribution is 14.1. The summed E-state index contributed by atoms with van der Waals surface area (Å²) in [7, 11) is -0.979. The van der Waals surface area contributed by atoms with Crippen LogP contribution >= 0.6 is 22.6 Å². The highest BCUT2D eigenvalue weighted by Gasteiger charge is 2.44. The number of hydrogen-bond acceptors (Lipinski definition) is 9. The molecule has 2 fully saturated rings. The molecule has 47 heavy (non-hydrogen) atoms. The molecule has 2 N–H and O–H groups in total. The maximum Gasteiger partial charge on any atom is 0.398 e. The Bertz CT molecular complexity index is 1610. The summed E-state index contributed by atoms with van der Waals surface area (Å²) in [5.74, 6) is -3.48. The van der Waals surface area contributed by atoms with Crippen molar-refractivity contribution in [1.29, 1.82) is 0 Å². The molecule has 4 rings (SSSR count). The molecule has 11 nitrogen and oxygen atoms in total. The number of halogens is 4. The van der Waals surface area contributed by atoms with E-state index in [9.17, 15) is 31.6 Å². The number of sulfone groups is 1. The summed E-state index contributed by atoms with van der Waals surface area (Å²) in [5, 5.41) is 5.35. The predicted octanol–water partition coefficient (Wildman–Crippen LogP) is 5.26. The number of carbonyl (C=O) groups is 3. The summed E-state index contributed by atoms with van der Waals surface area (Å²) < 4.78 is 84.5. The summed E-state index contributed by atoms with van der Waals surface area (Å²) in [6, 6.07) is 5.89. The minimum Gasteiger partial charge on any atom is -0.496 e. The Morgan fingerprint density at radius 3 is 2.28 bits per heavy atom. The number of methoxy groups -OCH3 is 3. The Balaban J connectivity index is 1.51. The minimum atomic E-state index is -5.00. The second kappa shape index (κ2) is 14.6. The molecule has 0 aliphatic heterocycles. The Morgan fingerprint density at radius 1 is 1.00 bits per heavy atom. The number of esters is 1. The molecule has 0 bridgehead atoms. The third-order valence-corrected chi connectivity index (χ3v) is 12.0. The second-order valence-corrected chi connectivity index (χ2v) is 15.9. The van der Waals surface area contributed by atoms with E-state index in [0.717, 1.165) is 18.2 Å². The van der Waals surface area contributed by atoms with E-state index in [2.05, 4.69) is 10.6 Å². The van der Waals surface area contributed by atoms with Crippen LogP contribution in [0.2, 0.25) is 0 Å². The maximum atomic E-state index is 15.1. The van der Waals surface area contributed by atoms with Crippen LogP contribution in [-0.4, -0.2) is 69.0 Å². The lowest BCUT2D eigenvalue weighted by Gasteiger charge is -2.35. The number of hydrogen-bond donors (Lipinski definition) is 2. The summed E-state index contributed by atoms with van der Waals surface area (Å²) in [5.41, 5.74) is -0.748. The van der Waals surface area contributed by atoms with Crippen LogP contribution in [0.1, 0.15) is 55.8 Å². The van der Waals surface area contributed by atoms with E-state index in [4.69, 9.17) is 18.9 Å². The van der Waals surface area contributed by atoms with E-state index in [1.165, 1.54) is 39.5 Å². The fraction of sp³-hybridized carbons (Fsp3) is 0.516. The topological polar surface area (TPSA) is 146 Å². The van der Waals surface area contributed by atoms with Crippen LogP contribution in [0.5, 0.6) is 11.5 Å². The standard InChI is InChI=1S/C31H36F3IN2O9S/c1-30(29(40)45-4)12-10-18(11-13-30)46-25-15-21(24(44-3)16-22(25)32)28(39)37-26-20(8-9-23(26)43-2)27(38)36-17-6-5-7-19(14-17)47(41,42)31(33,34)35/h5-7,14-16,18,20,23,26H,8-13H2,1-4H3,(H,36,38)(H,37,39)/t18?,20-,23-,26-,30?/m1/s1. The largest absolute Gasteiger partial charge is 0.496 e. The first kappa shape index (κ1) is 36.7. The molecule has 2 saturated carbocycles. The lowest BCUT2D eigenvalue weighted by atomic mass is 9.75. The van der Waals surface area contributed by atoms with E-state index >= 15 is 4.39 Å². The molecule has 2 aromatic carbocycles. The van der Waals surface area contributed by atoms with Gasteiger partial charge in [0.1, 0.15) is 5.75 Å². The van der Waals surface area contributed by atoms with Gasteiger partial charge in [-0.1, -0.05) is 6.07 Å². The first-order valence-corrected chi connectivity index (χ1v) is 17.3. The Labute approximate surface area is 284 Å². The molecule has 2 aromatic rings. The van der Waals surface area contributed by atoms with Crippen molar-refractivity contribution >= 4 is 55.9 Å². The van der Waals surface area contributed by atoms with E-state index < -0.39 is 65.2 Å². The summed E-state index contributed by atoms with van der Waals surface area (Å²) in [6.45, 7) is 1.81. The normalized spacial score (nSPS) is 24.7. The van der Waals surface area contributed by atoms with Crippen LogP contribution < -0.4 is 20.1 Å². The monoisotopic (exact) mass is 796 g/mol. The van der Waals surface area contributed by atoms with Crippen LogP contribution in [0.3, 0.4) is 0 Å². The molecule has 3 atom stereocenters. The van der Waals surface area contributed by atoms with Crippen molar-refractivity contribution in [2.75, 3.05) is 26.6 Å². The lowest BCUT2D eigenvalue weighted by Crippen LogP contribution is -2.48. The van der Waals surface area contributed by atoms with Crippen molar-refractivity contribution in [1.82, 2.24) is 5.32 Å². The number of alkyl halides is 3. The van der Waals surface area contributed by atoms with E-state index in [1.807, 2.05) is 6.92 Å². The van der Waals surface area contributed by atoms with Gasteiger partial charge in [-0.05, 0) is 69.7 Å². The maximum absolute atomic E-state index is 15.1. The number of amides is 2. The molecule has 0 aromatic heterocycles. The van der Waals surface area contributed by atoms with E-state index in [1.54, 1.807) is 0 Å². The number of anilines is 1. The Morgan fingerprint density at radius 2 is 1.68 bits per heavy atom. The third-order valence-electron chi connectivity index (χ3n) is 8.76. The van der Waals surface area contributed by atoms with Gasteiger partial charge in [0.15, 0.2) is 11.6 Å². The molecule has 2 aliphatic carbocycles. The second-order valence-electron chi connectivity index (χ2n) is 11.8. The molecule has 0 radical (unpaired) electrons. The van der Waals surface area contributed by atoms with E-state index in [0.29, 0.717) is 54.7 Å². The molecule has 0 unspecified atom stereocenters. The van der Waals surface area contributed by atoms with Gasteiger partial charge in [0, 0.05) is 41.5 Å². The first-order valence-electron chi connectivity index (χ1n) is 14.7. The van der Waals surface area contributed by atoms with Crippen molar-refractivity contribution in [3.8, 4) is 11.5 Å². The van der Waals surface area contributed by atoms with Gasteiger partial charge in [0.2, 0.25) is 5.91 Å². The number of ether oxygens (including phenoxy) is 4. The highest BCUT2D eigenvalue weighted by atomic mass is 127. The smallest absolute Gasteiger partial charge is 0.398 e. The van der Waals surface area contributed by atoms with Gasteiger partial charge in [0.05, 0.1) is 54.3 Å². The Kier molecular flexibility index (Phi) is 11.4. The lowest BCUT2D eigenvalue weighted by molar-refractivity contribution is -0.154. The van der Waals surface area contributed by atoms with Gasteiger partial charge in [-0.25, -0.2) is 12.8 Å². The molecule has 0 heterocycles. The van der Waals surface area contributed by atoms with Gasteiger partial charge >= 0.3 is 9.23 Å². The van der Waals surface area contributed by atoms with Crippen LogP contribution in [0.4, 0.5) is 18.9 Å². The van der Waals surface area contributed by atoms with Crippen molar-refractivity contribution < 1.29 is 54.9 Å². The van der Waals surface area contributed by atoms with Crippen molar-refractivity contribution in [2.24, 2.45) is 11.3 Å². The fourth-order valence-corrected chi connectivity index (χ4v) is 7.57. The van der Waals surface area contributed by atoms with Crippen LogP contribution in [0, 0.1) is 17.2 Å². The minimum absolute atomic E-state index is 0.0284. The molecular formula is C31H36F3IN2O9S. The SMILES string of the molecule is COC(=O)C1(C)CCC(Oc2cc(C(=O)N[C@H]3[C@H](OC)CC[C@H]3C(=O)Nc3cccc(S(=O)(=O)C(F)(F)I)c3)c(OC)cc2F)CC1. The number of carbonyl (C=O) groups excluding carboxylic acids is 3. The van der Waals surface area contributed by atoms with Gasteiger partial charge in [-0.3, -0.25) is 14.4 Å². The summed E-state index contributed by atoms with van der Waals surface area (Å²) in [4.78, 5) is 38.5. The van der Waals surface area contributed by atoms with Gasteiger partial charge in [-0.2, -0.15) is 8.78 Å². The fourth-order valence-electron chi connectivity index (χ4n) is 6.00. The molecule has 16 heteroatoms. The predicted molar refractivity (Wildman–Crippen MR) is 172 cm³/mol. The average Bonchev–Trinajstić information content (AvgIpc) is 3.44. The number of rotatable bonds is 11. The molecule has 2 amide bonds. The van der Waals surface area contributed by atoms with Crippen LogP contribution in [-0.2, 0) is 28.9 Å². The van der Waals surface area contributed by atoms with E-state index in [-0.39, 0.29) is 35.1 Å². The average molecular weight is 797 g/mol. The highest BCUT2D eigenvalue weighted by Crippen LogP contribution is 2.40. The van der Waals surface area contributed by atoms with Crippen molar-refractivity contribution in [3.63, 3.8) is 0 Å². The van der Waals surface area contributed by atoms with Crippen molar-refractivity contribution in [3.05, 3.63) is 47.8 Å². The van der Waals surface area contributed by atoms with Crippen molar-refractivity contribution in [2.45, 2.75) is 71.9 Å². The van der Waals surface area contributed by atoms with Gasteiger partial charge in [0.25, 0.3) is 15.7 Å². The summed E-state index contributed by atoms with van der Waals surface area (Å²) >= 11 is 0.527. The molecule has 2 aliphatic rings. The van der Waals surface area contributed by atoms with Gasteiger partial charge in [-0.15, -0.1) is 0 Å². The molecular weight excluding hydrogens is 760 g/mol. The zero-order valence-corrected chi connectivity index (χ0v) is 29.1. The summed E-state index contributed by atoms with van der Waals surface area (Å²) in [6.07, 6.45) is 1.53. The quantitative estimate of drug-likeness (QED) is 0.177. The molecule has 0 saturated heterocycles. The van der Waals surface area contributed by atoms with Crippen LogP contribution in [0.25, 0.3) is 0 Å². The third kappa shape index (κ3) is 7.96. The first-order chi connectivity index (χ1) is 22.0. The van der Waals surface area contributed by atoms with Crippen LogP contribution in [0.15, 0.2) is 41.3 Å². The molecule has 0 spiro atoms.